The highest BCUT2D eigenvalue weighted by molar-refractivity contribution is 14.0. The summed E-state index contributed by atoms with van der Waals surface area (Å²) in [5.74, 6) is 1.75. The Morgan fingerprint density at radius 3 is 2.27 bits per heavy atom. The van der Waals surface area contributed by atoms with Gasteiger partial charge in [-0.2, -0.15) is 0 Å². The van der Waals surface area contributed by atoms with Crippen molar-refractivity contribution in [1.29, 1.82) is 0 Å². The minimum atomic E-state index is 0. The monoisotopic (exact) mass is 472 g/mol. The lowest BCUT2D eigenvalue weighted by molar-refractivity contribution is -0.0704. The average molecular weight is 472 g/mol. The molecular weight excluding hydrogens is 439 g/mol. The summed E-state index contributed by atoms with van der Waals surface area (Å²) in [5.41, 5.74) is 2.64. The highest BCUT2D eigenvalue weighted by Crippen LogP contribution is 2.27. The van der Waals surface area contributed by atoms with Gasteiger partial charge < -0.3 is 15.4 Å². The molecule has 0 spiro atoms. The van der Waals surface area contributed by atoms with E-state index in [9.17, 15) is 0 Å². The molecule has 2 unspecified atom stereocenters. The summed E-state index contributed by atoms with van der Waals surface area (Å²) in [6.07, 6.45) is 3.35. The van der Waals surface area contributed by atoms with Crippen molar-refractivity contribution in [1.82, 2.24) is 15.5 Å². The predicted octanol–water partition coefficient (Wildman–Crippen LogP) is 2.99. The first-order valence-corrected chi connectivity index (χ1v) is 9.52. The van der Waals surface area contributed by atoms with Crippen LogP contribution < -0.4 is 10.6 Å². The summed E-state index contributed by atoms with van der Waals surface area (Å²) in [6.45, 7) is 9.16. The molecule has 1 saturated heterocycles. The van der Waals surface area contributed by atoms with Crippen LogP contribution in [-0.2, 0) is 17.8 Å². The molecular formula is C20H33IN4O. The number of aliphatic imine (C=N–C) groups is 1. The maximum absolute atomic E-state index is 5.81. The zero-order valence-electron chi connectivity index (χ0n) is 16.2. The lowest BCUT2D eigenvalue weighted by Gasteiger charge is -2.35. The Bertz CT molecular complexity index is 564. The summed E-state index contributed by atoms with van der Waals surface area (Å²) >= 11 is 0. The van der Waals surface area contributed by atoms with Gasteiger partial charge in [-0.15, -0.1) is 24.0 Å². The van der Waals surface area contributed by atoms with Gasteiger partial charge in [-0.1, -0.05) is 24.3 Å². The zero-order valence-corrected chi connectivity index (χ0v) is 18.5. The number of nitrogens with one attached hydrogen (secondary N) is 2. The number of morpholine rings is 1. The number of benzene rings is 1. The summed E-state index contributed by atoms with van der Waals surface area (Å²) in [6, 6.07) is 8.90. The van der Waals surface area contributed by atoms with Gasteiger partial charge in [0, 0.05) is 39.8 Å². The van der Waals surface area contributed by atoms with Crippen LogP contribution in [0.2, 0.25) is 0 Å². The van der Waals surface area contributed by atoms with E-state index in [1.807, 2.05) is 7.05 Å². The third-order valence-corrected chi connectivity index (χ3v) is 4.86. The number of hydrogen-bond acceptors (Lipinski definition) is 3. The van der Waals surface area contributed by atoms with Crippen molar-refractivity contribution in [2.75, 3.05) is 26.7 Å². The topological polar surface area (TPSA) is 48.9 Å². The second-order valence-corrected chi connectivity index (χ2v) is 7.52. The van der Waals surface area contributed by atoms with Gasteiger partial charge in [0.1, 0.15) is 0 Å². The van der Waals surface area contributed by atoms with E-state index in [1.165, 1.54) is 24.0 Å². The second-order valence-electron chi connectivity index (χ2n) is 7.52. The number of halogens is 1. The summed E-state index contributed by atoms with van der Waals surface area (Å²) in [5, 5.41) is 6.79. The van der Waals surface area contributed by atoms with E-state index in [0.717, 1.165) is 44.6 Å². The smallest absolute Gasteiger partial charge is 0.191 e. The van der Waals surface area contributed by atoms with Crippen LogP contribution in [0.5, 0.6) is 0 Å². The molecule has 1 aliphatic carbocycles. The van der Waals surface area contributed by atoms with Crippen molar-refractivity contribution < 1.29 is 4.74 Å². The maximum Gasteiger partial charge on any atom is 0.191 e. The quantitative estimate of drug-likeness (QED) is 0.380. The molecule has 146 valence electrons. The van der Waals surface area contributed by atoms with Gasteiger partial charge in [-0.3, -0.25) is 9.89 Å². The molecule has 2 N–H and O–H groups in total. The van der Waals surface area contributed by atoms with Crippen LogP contribution in [0.1, 0.15) is 37.8 Å². The van der Waals surface area contributed by atoms with E-state index in [0.29, 0.717) is 12.2 Å². The van der Waals surface area contributed by atoms with E-state index in [1.54, 1.807) is 0 Å². The molecule has 0 amide bonds. The van der Waals surface area contributed by atoms with E-state index in [4.69, 9.17) is 4.74 Å². The lowest BCUT2D eigenvalue weighted by atomic mass is 10.1. The number of ether oxygens (including phenoxy) is 1. The molecule has 0 aromatic heterocycles. The highest BCUT2D eigenvalue weighted by atomic mass is 127. The molecule has 26 heavy (non-hydrogen) atoms. The van der Waals surface area contributed by atoms with Crippen molar-refractivity contribution in [3.8, 4) is 0 Å². The molecule has 1 saturated carbocycles. The fourth-order valence-corrected chi connectivity index (χ4v) is 3.40. The fraction of sp³-hybridized carbons (Fsp3) is 0.650. The molecule has 5 nitrogen and oxygen atoms in total. The molecule has 2 atom stereocenters. The Balaban J connectivity index is 0.00000243. The number of hydrogen-bond donors (Lipinski definition) is 2. The van der Waals surface area contributed by atoms with Crippen molar-refractivity contribution in [3.05, 3.63) is 35.4 Å². The lowest BCUT2D eigenvalue weighted by Crippen LogP contribution is -2.44. The van der Waals surface area contributed by atoms with Crippen LogP contribution in [-0.4, -0.2) is 49.7 Å². The summed E-state index contributed by atoms with van der Waals surface area (Å²) < 4.78 is 5.81. The minimum Gasteiger partial charge on any atom is -0.373 e. The fourth-order valence-electron chi connectivity index (χ4n) is 3.40. The van der Waals surface area contributed by atoms with E-state index in [2.05, 4.69) is 58.6 Å². The Morgan fingerprint density at radius 1 is 1.08 bits per heavy atom. The molecule has 0 radical (unpaired) electrons. The Morgan fingerprint density at radius 2 is 1.69 bits per heavy atom. The van der Waals surface area contributed by atoms with Crippen LogP contribution in [0.15, 0.2) is 29.3 Å². The van der Waals surface area contributed by atoms with E-state index < -0.39 is 0 Å². The molecule has 1 aromatic carbocycles. The largest absolute Gasteiger partial charge is 0.373 e. The van der Waals surface area contributed by atoms with Gasteiger partial charge in [0.2, 0.25) is 0 Å². The van der Waals surface area contributed by atoms with Gasteiger partial charge in [0.15, 0.2) is 5.96 Å². The standard InChI is InChI=1S/C20H32N4O.HI/c1-15-12-24(13-16(2)25-15)14-19-8-6-18(7-9-19)11-23-20(21-3)22-10-17-4-5-17;/h6-9,15-17H,4-5,10-14H2,1-3H3,(H2,21,22,23);1H. The molecule has 1 aliphatic heterocycles. The normalized spacial score (nSPS) is 24.0. The van der Waals surface area contributed by atoms with Crippen LogP contribution in [0.25, 0.3) is 0 Å². The maximum atomic E-state index is 5.81. The number of nitrogens with zero attached hydrogens (tertiary/aromatic N) is 2. The Kier molecular flexibility index (Phi) is 8.63. The molecule has 6 heteroatoms. The van der Waals surface area contributed by atoms with Gasteiger partial charge in [-0.25, -0.2) is 0 Å². The zero-order chi connectivity index (χ0) is 17.6. The third kappa shape index (κ3) is 7.04. The minimum absolute atomic E-state index is 0. The number of rotatable bonds is 6. The molecule has 2 aliphatic rings. The van der Waals surface area contributed by atoms with E-state index >= 15 is 0 Å². The van der Waals surface area contributed by atoms with Crippen molar-refractivity contribution >= 4 is 29.9 Å². The van der Waals surface area contributed by atoms with Crippen molar-refractivity contribution in [3.63, 3.8) is 0 Å². The van der Waals surface area contributed by atoms with Gasteiger partial charge in [0.25, 0.3) is 0 Å². The first-order valence-electron chi connectivity index (χ1n) is 9.52. The predicted molar refractivity (Wildman–Crippen MR) is 118 cm³/mol. The summed E-state index contributed by atoms with van der Waals surface area (Å²) in [4.78, 5) is 6.77. The van der Waals surface area contributed by atoms with Gasteiger partial charge in [0.05, 0.1) is 12.2 Å². The first kappa shape index (κ1) is 21.4. The molecule has 0 bridgehead atoms. The van der Waals surface area contributed by atoms with Crippen molar-refractivity contribution in [2.24, 2.45) is 10.9 Å². The molecule has 1 aromatic rings. The molecule has 2 fully saturated rings. The Labute approximate surface area is 175 Å². The van der Waals surface area contributed by atoms with Crippen LogP contribution >= 0.6 is 24.0 Å². The number of guanidine groups is 1. The summed E-state index contributed by atoms with van der Waals surface area (Å²) in [7, 11) is 1.83. The third-order valence-electron chi connectivity index (χ3n) is 4.86. The van der Waals surface area contributed by atoms with Crippen LogP contribution in [0.4, 0.5) is 0 Å². The molecule has 1 heterocycles. The first-order chi connectivity index (χ1) is 12.1. The van der Waals surface area contributed by atoms with Crippen LogP contribution in [0.3, 0.4) is 0 Å². The van der Waals surface area contributed by atoms with Gasteiger partial charge in [-0.05, 0) is 43.7 Å². The average Bonchev–Trinajstić information content (AvgIpc) is 3.40. The molecule has 3 rings (SSSR count). The highest BCUT2D eigenvalue weighted by Gasteiger charge is 2.22. The van der Waals surface area contributed by atoms with E-state index in [-0.39, 0.29) is 24.0 Å². The SMILES string of the molecule is CN=C(NCc1ccc(CN2CC(C)OC(C)C2)cc1)NCC1CC1.I. The van der Waals surface area contributed by atoms with Gasteiger partial charge >= 0.3 is 0 Å². The Hall–Kier alpha value is -0.860. The van der Waals surface area contributed by atoms with Crippen molar-refractivity contribution in [2.45, 2.75) is 52.0 Å². The second kappa shape index (κ2) is 10.5. The van der Waals surface area contributed by atoms with Crippen LogP contribution in [0, 0.1) is 5.92 Å².